The number of amides is 2. The molecule has 0 aliphatic heterocycles. The number of ether oxygens (including phenoxy) is 2. The van der Waals surface area contributed by atoms with Gasteiger partial charge in [0.1, 0.15) is 17.2 Å². The first-order valence-electron chi connectivity index (χ1n) is 11.5. The summed E-state index contributed by atoms with van der Waals surface area (Å²) in [5.74, 6) is 1.11. The molecule has 2 aromatic heterocycles. The number of halogens is 1. The van der Waals surface area contributed by atoms with Gasteiger partial charge in [0.25, 0.3) is 17.7 Å². The summed E-state index contributed by atoms with van der Waals surface area (Å²) in [6.45, 7) is 1.59. The van der Waals surface area contributed by atoms with Crippen LogP contribution in [0.15, 0.2) is 57.5 Å². The standard InChI is InChI=1S/C26H25BrN4O5/c1-14-11-24(31-36-14)35-13-23(32)28-19-8-9-20(16-6-4-3-5-15(16)19)30-26(33)21-12-17-22(34-2)10-7-18(27)25(17)29-21/h3-7,10-12,19-20,29H,8-9,13H2,1-2H3,(H,28,32)(H,30,33). The summed E-state index contributed by atoms with van der Waals surface area (Å²) < 4.78 is 16.6. The van der Waals surface area contributed by atoms with Gasteiger partial charge in [0.05, 0.1) is 24.7 Å². The number of rotatable bonds is 7. The van der Waals surface area contributed by atoms with E-state index in [-0.39, 0.29) is 36.4 Å². The molecule has 2 amide bonds. The minimum atomic E-state index is -0.254. The van der Waals surface area contributed by atoms with Crippen molar-refractivity contribution in [2.45, 2.75) is 31.8 Å². The van der Waals surface area contributed by atoms with E-state index in [1.165, 1.54) is 0 Å². The van der Waals surface area contributed by atoms with Crippen LogP contribution < -0.4 is 20.1 Å². The minimum Gasteiger partial charge on any atom is -0.496 e. The molecule has 0 radical (unpaired) electrons. The highest BCUT2D eigenvalue weighted by Gasteiger charge is 2.29. The van der Waals surface area contributed by atoms with Crippen LogP contribution in [-0.2, 0) is 4.79 Å². The van der Waals surface area contributed by atoms with Gasteiger partial charge in [0.15, 0.2) is 6.61 Å². The zero-order valence-corrected chi connectivity index (χ0v) is 21.3. The van der Waals surface area contributed by atoms with Crippen LogP contribution in [0.25, 0.3) is 10.9 Å². The Morgan fingerprint density at radius 3 is 2.50 bits per heavy atom. The average molecular weight is 553 g/mol. The molecule has 3 N–H and O–H groups in total. The van der Waals surface area contributed by atoms with Gasteiger partial charge in [-0.15, -0.1) is 0 Å². The van der Waals surface area contributed by atoms with Crippen LogP contribution in [0, 0.1) is 6.92 Å². The summed E-state index contributed by atoms with van der Waals surface area (Å²) in [6.07, 6.45) is 1.34. The number of aromatic nitrogens is 2. The number of nitrogens with zero attached hydrogens (tertiary/aromatic N) is 1. The van der Waals surface area contributed by atoms with Gasteiger partial charge in [-0.05, 0) is 70.2 Å². The third-order valence-corrected chi connectivity index (χ3v) is 6.92. The Hall–Kier alpha value is -3.79. The van der Waals surface area contributed by atoms with Crippen molar-refractivity contribution in [2.75, 3.05) is 13.7 Å². The van der Waals surface area contributed by atoms with Crippen LogP contribution in [0.3, 0.4) is 0 Å². The lowest BCUT2D eigenvalue weighted by atomic mass is 9.84. The number of fused-ring (bicyclic) bond motifs is 2. The molecule has 0 saturated carbocycles. The maximum atomic E-state index is 13.2. The van der Waals surface area contributed by atoms with Crippen molar-refractivity contribution < 1.29 is 23.6 Å². The lowest BCUT2D eigenvalue weighted by Crippen LogP contribution is -2.38. The van der Waals surface area contributed by atoms with Gasteiger partial charge in [-0.1, -0.05) is 24.3 Å². The Balaban J connectivity index is 1.29. The summed E-state index contributed by atoms with van der Waals surface area (Å²) in [6, 6.07) is 14.6. The minimum absolute atomic E-state index is 0.162. The number of hydrogen-bond donors (Lipinski definition) is 3. The number of carbonyl (C=O) groups excluding carboxylic acids is 2. The highest BCUT2D eigenvalue weighted by molar-refractivity contribution is 9.10. The highest BCUT2D eigenvalue weighted by atomic mass is 79.9. The normalized spacial score (nSPS) is 16.9. The Kier molecular flexibility index (Phi) is 6.69. The first-order chi connectivity index (χ1) is 17.4. The monoisotopic (exact) mass is 552 g/mol. The molecule has 0 saturated heterocycles. The molecule has 0 bridgehead atoms. The maximum Gasteiger partial charge on any atom is 0.268 e. The molecule has 2 unspecified atom stereocenters. The van der Waals surface area contributed by atoms with E-state index in [1.807, 2.05) is 36.4 Å². The number of hydrogen-bond acceptors (Lipinski definition) is 6. The zero-order chi connectivity index (χ0) is 25.2. The van der Waals surface area contributed by atoms with Gasteiger partial charge >= 0.3 is 0 Å². The second kappa shape index (κ2) is 10.1. The number of H-pyrrole nitrogens is 1. The van der Waals surface area contributed by atoms with E-state index in [0.29, 0.717) is 30.0 Å². The molecular weight excluding hydrogens is 528 g/mol. The topological polar surface area (TPSA) is 118 Å². The zero-order valence-electron chi connectivity index (χ0n) is 19.8. The van der Waals surface area contributed by atoms with Crippen molar-refractivity contribution in [3.8, 4) is 11.6 Å². The molecule has 0 spiro atoms. The molecule has 36 heavy (non-hydrogen) atoms. The van der Waals surface area contributed by atoms with Crippen molar-refractivity contribution in [1.82, 2.24) is 20.8 Å². The van der Waals surface area contributed by atoms with Gasteiger partial charge < -0.3 is 29.6 Å². The number of methoxy groups -OCH3 is 1. The van der Waals surface area contributed by atoms with E-state index in [2.05, 4.69) is 36.7 Å². The summed E-state index contributed by atoms with van der Waals surface area (Å²) in [5, 5.41) is 10.7. The third kappa shape index (κ3) is 4.81. The Morgan fingerprint density at radius 2 is 1.83 bits per heavy atom. The van der Waals surface area contributed by atoms with Crippen LogP contribution in [0.2, 0.25) is 0 Å². The predicted molar refractivity (Wildman–Crippen MR) is 136 cm³/mol. The summed E-state index contributed by atoms with van der Waals surface area (Å²) in [7, 11) is 1.60. The van der Waals surface area contributed by atoms with E-state index in [1.54, 1.807) is 26.2 Å². The van der Waals surface area contributed by atoms with E-state index < -0.39 is 0 Å². The molecule has 5 rings (SSSR count). The van der Waals surface area contributed by atoms with Crippen LogP contribution >= 0.6 is 15.9 Å². The first-order valence-corrected chi connectivity index (χ1v) is 12.3. The third-order valence-electron chi connectivity index (χ3n) is 6.26. The molecule has 1 aliphatic rings. The molecular formula is C26H25BrN4O5. The van der Waals surface area contributed by atoms with E-state index >= 15 is 0 Å². The van der Waals surface area contributed by atoms with Crippen molar-refractivity contribution in [3.05, 3.63) is 75.6 Å². The van der Waals surface area contributed by atoms with Gasteiger partial charge in [-0.25, -0.2) is 0 Å². The predicted octanol–water partition coefficient (Wildman–Crippen LogP) is 4.74. The fraction of sp³-hybridized carbons (Fsp3) is 0.269. The number of nitrogens with one attached hydrogen (secondary N) is 3. The molecule has 10 heteroatoms. The lowest BCUT2D eigenvalue weighted by Gasteiger charge is -2.32. The molecule has 1 aliphatic carbocycles. The highest BCUT2D eigenvalue weighted by Crippen LogP contribution is 2.37. The number of benzene rings is 2. The van der Waals surface area contributed by atoms with Gasteiger partial charge in [-0.3, -0.25) is 9.59 Å². The second-order valence-corrected chi connectivity index (χ2v) is 9.49. The van der Waals surface area contributed by atoms with Crippen LogP contribution in [0.5, 0.6) is 11.6 Å². The molecule has 2 heterocycles. The summed E-state index contributed by atoms with van der Waals surface area (Å²) in [5.41, 5.74) is 3.20. The fourth-order valence-electron chi connectivity index (χ4n) is 4.57. The lowest BCUT2D eigenvalue weighted by molar-refractivity contribution is -0.124. The van der Waals surface area contributed by atoms with E-state index in [0.717, 1.165) is 26.5 Å². The maximum absolute atomic E-state index is 13.2. The number of carbonyl (C=O) groups is 2. The van der Waals surface area contributed by atoms with E-state index in [4.69, 9.17) is 14.0 Å². The van der Waals surface area contributed by atoms with Crippen molar-refractivity contribution in [2.24, 2.45) is 0 Å². The van der Waals surface area contributed by atoms with Crippen LogP contribution in [0.1, 0.15) is 52.3 Å². The smallest absolute Gasteiger partial charge is 0.268 e. The molecule has 2 aromatic carbocycles. The quantitative estimate of drug-likeness (QED) is 0.305. The van der Waals surface area contributed by atoms with Crippen molar-refractivity contribution in [3.63, 3.8) is 0 Å². The molecule has 0 fully saturated rings. The molecule has 9 nitrogen and oxygen atoms in total. The molecule has 186 valence electrons. The van der Waals surface area contributed by atoms with Crippen LogP contribution in [-0.4, -0.2) is 35.7 Å². The fourth-order valence-corrected chi connectivity index (χ4v) is 5.02. The Labute approximate surface area is 215 Å². The Morgan fingerprint density at radius 1 is 1.11 bits per heavy atom. The summed E-state index contributed by atoms with van der Waals surface area (Å²) >= 11 is 3.52. The van der Waals surface area contributed by atoms with Gasteiger partial charge in [-0.2, -0.15) is 0 Å². The van der Waals surface area contributed by atoms with Crippen molar-refractivity contribution >= 4 is 38.6 Å². The summed E-state index contributed by atoms with van der Waals surface area (Å²) in [4.78, 5) is 28.9. The second-order valence-electron chi connectivity index (χ2n) is 8.64. The Bertz CT molecular complexity index is 1430. The number of aryl methyl sites for hydroxylation is 1. The number of aromatic amines is 1. The van der Waals surface area contributed by atoms with E-state index in [9.17, 15) is 9.59 Å². The average Bonchev–Trinajstić information content (AvgIpc) is 3.52. The largest absolute Gasteiger partial charge is 0.496 e. The first kappa shape index (κ1) is 23.9. The van der Waals surface area contributed by atoms with Gasteiger partial charge in [0.2, 0.25) is 0 Å². The molecule has 2 atom stereocenters. The van der Waals surface area contributed by atoms with Crippen molar-refractivity contribution in [1.29, 1.82) is 0 Å². The molecule has 4 aromatic rings. The SMILES string of the molecule is COc1ccc(Br)c2[nH]c(C(=O)NC3CCC(NC(=O)COc4cc(C)on4)c4ccccc43)cc12. The van der Waals surface area contributed by atoms with Gasteiger partial charge in [0, 0.05) is 15.9 Å². The van der Waals surface area contributed by atoms with Crippen LogP contribution in [0.4, 0.5) is 0 Å².